The number of hydrogen-bond acceptors (Lipinski definition) is 4. The van der Waals surface area contributed by atoms with E-state index in [2.05, 4.69) is 256 Å². The molecule has 0 atom stereocenters. The largest absolute Gasteiger partial charge is 0.458 e. The fraction of sp³-hybridized carbons (Fsp3) is 0.120. The molecular formula is C75H56B3N5O. The van der Waals surface area contributed by atoms with Gasteiger partial charge in [-0.2, -0.15) is 0 Å². The van der Waals surface area contributed by atoms with Gasteiger partial charge >= 0.3 is 0 Å². The van der Waals surface area contributed by atoms with Crippen LogP contribution in [0.4, 0.5) is 45.5 Å². The van der Waals surface area contributed by atoms with Crippen molar-refractivity contribution in [1.82, 2.24) is 9.13 Å². The number of rotatable bonds is 2. The van der Waals surface area contributed by atoms with Crippen LogP contribution in [0.5, 0.6) is 11.5 Å². The zero-order valence-electron chi connectivity index (χ0n) is 48.6. The zero-order chi connectivity index (χ0) is 56.2. The van der Waals surface area contributed by atoms with Crippen LogP contribution in [0.25, 0.3) is 55.0 Å². The number of aryl methyl sites for hydroxylation is 9. The highest BCUT2D eigenvalue weighted by Gasteiger charge is 2.49. The maximum atomic E-state index is 7.66. The van der Waals surface area contributed by atoms with Gasteiger partial charge in [0.2, 0.25) is 0 Å². The van der Waals surface area contributed by atoms with Crippen molar-refractivity contribution in [2.45, 2.75) is 62.3 Å². The van der Waals surface area contributed by atoms with E-state index in [4.69, 9.17) is 4.74 Å². The summed E-state index contributed by atoms with van der Waals surface area (Å²) in [6.45, 7) is 20.1. The van der Waals surface area contributed by atoms with Crippen LogP contribution < -0.4 is 69.0 Å². The summed E-state index contributed by atoms with van der Waals surface area (Å²) < 4.78 is 12.8. The minimum absolute atomic E-state index is 0.0157. The summed E-state index contributed by atoms with van der Waals surface area (Å²) in [7, 11) is 0. The SMILES string of the molecule is Cc1cc(C)c(N2c3cc4c(cc3B3c5cc6c(cc5Oc5cc(C)cc2c53)N(c2c(C)cc(C)cc2C)c2cc(C)cc3c2B6c2cccc5c6ccccc6n-3c25)B2c3c(cc(C)cc3-n3c5ccccc5c5cccc2c53)N4)c(C)c1. The molecule has 0 bridgehead atoms. The number of ether oxygens (including phenoxy) is 1. The molecule has 0 saturated heterocycles. The van der Waals surface area contributed by atoms with Crippen molar-refractivity contribution in [3.63, 3.8) is 0 Å². The first kappa shape index (κ1) is 47.0. The fourth-order valence-electron chi connectivity index (χ4n) is 17.4. The Morgan fingerprint density at radius 2 is 0.774 bits per heavy atom. The van der Waals surface area contributed by atoms with Gasteiger partial charge in [-0.05, 0) is 205 Å². The van der Waals surface area contributed by atoms with E-state index in [1.165, 1.54) is 188 Å². The van der Waals surface area contributed by atoms with Crippen LogP contribution in [0.3, 0.4) is 0 Å². The second kappa shape index (κ2) is 15.9. The highest BCUT2D eigenvalue weighted by molar-refractivity contribution is 7.04. The molecule has 0 amide bonds. The molecule has 6 aliphatic heterocycles. The third kappa shape index (κ3) is 5.80. The van der Waals surface area contributed by atoms with Crippen LogP contribution in [-0.4, -0.2) is 29.3 Å². The lowest BCUT2D eigenvalue weighted by atomic mass is 9.29. The number of para-hydroxylation sites is 4. The molecule has 19 rings (SSSR count). The molecule has 2 aromatic heterocycles. The molecule has 0 aliphatic carbocycles. The van der Waals surface area contributed by atoms with Crippen molar-refractivity contribution < 1.29 is 4.74 Å². The monoisotopic (exact) mass is 1080 g/mol. The number of anilines is 8. The molecule has 0 spiro atoms. The standard InChI is InChI=1S/C75H56B3N5O/c1-38-24-43(6)72(44(7)25-38)82-61-36-57-53(76-51-20-14-18-49-47-16-10-12-22-59(47)80(74(49)51)63-29-40(3)28-58(79-57)69(63)76)34-54(61)78-56-35-55-62(37-67(56)84-68-33-42(5)32-66(82)71(68)78)83(73-45(8)26-39(2)27-46(73)9)65-31-41(4)30-64-70(65)77(55)52-21-15-19-50-48-17-11-13-23-60(48)81(64)75(50)52/h10-37,79H,1-9H3. The maximum Gasteiger partial charge on any atom is 0.256 e. The molecule has 0 unspecified atom stereocenters. The average Bonchev–Trinajstić information content (AvgIpc) is 1.20. The number of nitrogens with one attached hydrogen (secondary N) is 1. The summed E-state index contributed by atoms with van der Waals surface area (Å²) in [5.74, 6) is 1.82. The van der Waals surface area contributed by atoms with Gasteiger partial charge < -0.3 is 29.0 Å². The van der Waals surface area contributed by atoms with Crippen molar-refractivity contribution in [2.24, 2.45) is 0 Å². The lowest BCUT2D eigenvalue weighted by Crippen LogP contribution is -2.65. The summed E-state index contributed by atoms with van der Waals surface area (Å²) in [5, 5.41) is 9.32. The van der Waals surface area contributed by atoms with Gasteiger partial charge in [0.15, 0.2) is 0 Å². The third-order valence-electron chi connectivity index (χ3n) is 20.0. The summed E-state index contributed by atoms with van der Waals surface area (Å²) in [6.07, 6.45) is 0. The summed E-state index contributed by atoms with van der Waals surface area (Å²) in [5.41, 5.74) is 39.9. The van der Waals surface area contributed by atoms with Crippen LogP contribution in [-0.2, 0) is 0 Å². The second-order valence-corrected chi connectivity index (χ2v) is 25.5. The van der Waals surface area contributed by atoms with E-state index in [9.17, 15) is 0 Å². The number of aromatic nitrogens is 2. The predicted molar refractivity (Wildman–Crippen MR) is 357 cm³/mol. The maximum absolute atomic E-state index is 7.66. The quantitative estimate of drug-likeness (QED) is 0.175. The predicted octanol–water partition coefficient (Wildman–Crippen LogP) is 12.6. The highest BCUT2D eigenvalue weighted by atomic mass is 16.5. The van der Waals surface area contributed by atoms with Crippen molar-refractivity contribution in [3.8, 4) is 22.9 Å². The molecule has 1 N–H and O–H groups in total. The van der Waals surface area contributed by atoms with E-state index in [1.807, 2.05) is 0 Å². The van der Waals surface area contributed by atoms with Gasteiger partial charge in [0, 0.05) is 84.1 Å². The minimum Gasteiger partial charge on any atom is -0.458 e. The van der Waals surface area contributed by atoms with Gasteiger partial charge in [-0.3, -0.25) is 0 Å². The highest BCUT2D eigenvalue weighted by Crippen LogP contribution is 2.49. The van der Waals surface area contributed by atoms with Crippen LogP contribution in [0.2, 0.25) is 0 Å². The fourth-order valence-corrected chi connectivity index (χ4v) is 17.4. The first-order valence-electron chi connectivity index (χ1n) is 29.9. The number of fused-ring (bicyclic) bond motifs is 18. The average molecular weight is 1080 g/mol. The molecule has 9 heteroatoms. The lowest BCUT2D eigenvalue weighted by Gasteiger charge is -2.45. The van der Waals surface area contributed by atoms with E-state index in [1.54, 1.807) is 0 Å². The number of nitrogens with zero attached hydrogens (tertiary/aromatic N) is 4. The second-order valence-electron chi connectivity index (χ2n) is 25.5. The normalized spacial score (nSPS) is 14.1. The molecule has 0 radical (unpaired) electrons. The number of benzene rings is 11. The smallest absolute Gasteiger partial charge is 0.256 e. The van der Waals surface area contributed by atoms with Gasteiger partial charge in [-0.25, -0.2) is 0 Å². The van der Waals surface area contributed by atoms with E-state index in [-0.39, 0.29) is 20.1 Å². The number of hydrogen-bond donors (Lipinski definition) is 1. The molecule has 8 heterocycles. The lowest BCUT2D eigenvalue weighted by molar-refractivity contribution is 0.487. The van der Waals surface area contributed by atoms with Crippen LogP contribution in [0.1, 0.15) is 50.1 Å². The first-order valence-corrected chi connectivity index (χ1v) is 29.9. The Morgan fingerprint density at radius 3 is 1.37 bits per heavy atom. The van der Waals surface area contributed by atoms with Gasteiger partial charge in [-0.1, -0.05) is 120 Å². The molecule has 84 heavy (non-hydrogen) atoms. The van der Waals surface area contributed by atoms with E-state index in [0.29, 0.717) is 0 Å². The summed E-state index contributed by atoms with van der Waals surface area (Å²) in [4.78, 5) is 5.21. The van der Waals surface area contributed by atoms with Gasteiger partial charge in [0.25, 0.3) is 20.1 Å². The van der Waals surface area contributed by atoms with Crippen molar-refractivity contribution >= 4 is 158 Å². The molecule has 396 valence electrons. The third-order valence-corrected chi connectivity index (χ3v) is 20.0. The Kier molecular flexibility index (Phi) is 8.91. The molecule has 6 aliphatic rings. The van der Waals surface area contributed by atoms with Gasteiger partial charge in [0.1, 0.15) is 11.5 Å². The summed E-state index contributed by atoms with van der Waals surface area (Å²) in [6, 6.07) is 66.1. The van der Waals surface area contributed by atoms with Crippen molar-refractivity contribution in [3.05, 3.63) is 220 Å². The van der Waals surface area contributed by atoms with Crippen molar-refractivity contribution in [2.75, 3.05) is 15.1 Å². The summed E-state index contributed by atoms with van der Waals surface area (Å²) >= 11 is 0. The Labute approximate surface area is 489 Å². The first-order chi connectivity index (χ1) is 40.9. The Balaban J connectivity index is 0.929. The van der Waals surface area contributed by atoms with E-state index < -0.39 is 0 Å². The van der Waals surface area contributed by atoms with Crippen molar-refractivity contribution in [1.29, 1.82) is 0 Å². The molecular weight excluding hydrogens is 1020 g/mol. The minimum atomic E-state index is -0.169. The Morgan fingerprint density at radius 1 is 0.321 bits per heavy atom. The molecule has 13 aromatic rings. The van der Waals surface area contributed by atoms with Crippen LogP contribution in [0, 0.1) is 62.3 Å². The molecule has 6 nitrogen and oxygen atoms in total. The molecule has 0 saturated carbocycles. The van der Waals surface area contributed by atoms with E-state index >= 15 is 0 Å². The van der Waals surface area contributed by atoms with Crippen LogP contribution >= 0.6 is 0 Å². The van der Waals surface area contributed by atoms with Gasteiger partial charge in [0.05, 0.1) is 22.4 Å². The Hall–Kier alpha value is -9.59. The topological polar surface area (TPSA) is 37.6 Å². The van der Waals surface area contributed by atoms with Gasteiger partial charge in [-0.15, -0.1) is 0 Å². The van der Waals surface area contributed by atoms with Crippen LogP contribution in [0.15, 0.2) is 170 Å². The molecule has 11 aromatic carbocycles. The van der Waals surface area contributed by atoms with E-state index in [0.717, 1.165) is 22.7 Å². The molecule has 0 fully saturated rings. The zero-order valence-corrected chi connectivity index (χ0v) is 48.6. The Bertz CT molecular complexity index is 5270.